The molecule has 0 heterocycles. The summed E-state index contributed by atoms with van der Waals surface area (Å²) in [7, 11) is 0. The number of carboxylic acids is 3. The molecule has 116 valence electrons. The smallest absolute Gasteiger partial charge is 0.331 e. The molecule has 0 aromatic heterocycles. The first-order valence-corrected chi connectivity index (χ1v) is 5.44. The van der Waals surface area contributed by atoms with Gasteiger partial charge in [-0.25, -0.2) is 4.79 Å². The summed E-state index contributed by atoms with van der Waals surface area (Å²) >= 11 is 0. The lowest BCUT2D eigenvalue weighted by atomic mass is 10.1. The summed E-state index contributed by atoms with van der Waals surface area (Å²) < 4.78 is 0. The first-order valence-electron chi connectivity index (χ1n) is 5.44. The molecule has 0 aliphatic rings. The summed E-state index contributed by atoms with van der Waals surface area (Å²) in [5, 5.41) is 50.3. The number of hydrogen-bond donors (Lipinski definition) is 6. The Kier molecular flexibility index (Phi) is 11.1. The summed E-state index contributed by atoms with van der Waals surface area (Å²) in [4.78, 5) is 29.5. The van der Waals surface area contributed by atoms with Gasteiger partial charge in [-0.05, 0) is 13.0 Å². The summed E-state index contributed by atoms with van der Waals surface area (Å²) in [6.07, 6.45) is -2.29. The van der Waals surface area contributed by atoms with Crippen molar-refractivity contribution in [2.45, 2.75) is 32.0 Å². The minimum Gasteiger partial charge on any atom is -0.481 e. The van der Waals surface area contributed by atoms with Crippen molar-refractivity contribution in [3.63, 3.8) is 0 Å². The fourth-order valence-electron chi connectivity index (χ4n) is 0.760. The van der Waals surface area contributed by atoms with Crippen molar-refractivity contribution in [3.05, 3.63) is 11.6 Å². The molecule has 0 fully saturated rings. The van der Waals surface area contributed by atoms with Gasteiger partial charge in [0.15, 0.2) is 0 Å². The lowest BCUT2D eigenvalue weighted by Crippen LogP contribution is -2.28. The van der Waals surface area contributed by atoms with Gasteiger partial charge in [-0.15, -0.1) is 0 Å². The molecular formula is C11H18O9. The molecule has 20 heavy (non-hydrogen) atoms. The van der Waals surface area contributed by atoms with Crippen molar-refractivity contribution in [1.29, 1.82) is 0 Å². The highest BCUT2D eigenvalue weighted by Gasteiger charge is 2.13. The number of aliphatic carboxylic acids is 3. The van der Waals surface area contributed by atoms with Gasteiger partial charge in [0.2, 0.25) is 0 Å². The lowest BCUT2D eigenvalue weighted by molar-refractivity contribution is -0.143. The highest BCUT2D eigenvalue weighted by Crippen LogP contribution is 2.00. The second kappa shape index (κ2) is 10.9. The zero-order chi connectivity index (χ0) is 16.3. The number of hydrogen-bond acceptors (Lipinski definition) is 6. The average Bonchev–Trinajstić information content (AvgIpc) is 2.35. The van der Waals surface area contributed by atoms with Crippen LogP contribution in [0.3, 0.4) is 0 Å². The van der Waals surface area contributed by atoms with Gasteiger partial charge in [0.25, 0.3) is 0 Å². The molecule has 0 bridgehead atoms. The van der Waals surface area contributed by atoms with Crippen LogP contribution in [-0.4, -0.2) is 67.4 Å². The van der Waals surface area contributed by atoms with E-state index in [1.807, 2.05) is 0 Å². The van der Waals surface area contributed by atoms with Gasteiger partial charge in [-0.3, -0.25) is 9.59 Å². The standard InChI is InChI=1S/C7H12O5.C4H6O4/c1-4(7(11)12)2-5(9)6(10)3-8;5-3(6)1-2-4(7)8/h2,5-6,8-10H,3H2,1H3,(H,11,12);1-2H2,(H,5,6)(H,7,8). The number of aliphatic hydroxyl groups excluding tert-OH is 3. The minimum atomic E-state index is -1.34. The maximum atomic E-state index is 10.2. The number of rotatable bonds is 7. The van der Waals surface area contributed by atoms with Gasteiger partial charge in [0.1, 0.15) is 12.2 Å². The topological polar surface area (TPSA) is 173 Å². The Balaban J connectivity index is 0. The lowest BCUT2D eigenvalue weighted by Gasteiger charge is -2.11. The number of aliphatic hydroxyl groups is 3. The van der Waals surface area contributed by atoms with E-state index < -0.39 is 36.7 Å². The van der Waals surface area contributed by atoms with E-state index in [0.717, 1.165) is 6.08 Å². The van der Waals surface area contributed by atoms with Crippen LogP contribution in [0.15, 0.2) is 11.6 Å². The van der Waals surface area contributed by atoms with Crippen LogP contribution in [0.5, 0.6) is 0 Å². The van der Waals surface area contributed by atoms with Crippen molar-refractivity contribution >= 4 is 17.9 Å². The van der Waals surface area contributed by atoms with Crippen molar-refractivity contribution in [2.75, 3.05) is 6.61 Å². The van der Waals surface area contributed by atoms with E-state index >= 15 is 0 Å². The maximum Gasteiger partial charge on any atom is 0.331 e. The number of carboxylic acid groups (broad SMARTS) is 3. The Bertz CT molecular complexity index is 347. The molecular weight excluding hydrogens is 276 g/mol. The summed E-state index contributed by atoms with van der Waals surface area (Å²) in [5.41, 5.74) is -0.0741. The number of carbonyl (C=O) groups is 3. The predicted octanol–water partition coefficient (Wildman–Crippen LogP) is -1.33. The third-order valence-electron chi connectivity index (χ3n) is 1.89. The molecule has 6 N–H and O–H groups in total. The molecule has 9 heteroatoms. The fraction of sp³-hybridized carbons (Fsp3) is 0.545. The van der Waals surface area contributed by atoms with Crippen LogP contribution in [0, 0.1) is 0 Å². The predicted molar refractivity (Wildman–Crippen MR) is 65.0 cm³/mol. The second-order valence-corrected chi connectivity index (χ2v) is 3.68. The van der Waals surface area contributed by atoms with Crippen molar-refractivity contribution in [3.8, 4) is 0 Å². The Morgan fingerprint density at radius 2 is 1.40 bits per heavy atom. The van der Waals surface area contributed by atoms with Crippen LogP contribution in [0.1, 0.15) is 19.8 Å². The third kappa shape index (κ3) is 12.5. The van der Waals surface area contributed by atoms with Crippen LogP contribution in [0.4, 0.5) is 0 Å². The Hall–Kier alpha value is -1.97. The zero-order valence-electron chi connectivity index (χ0n) is 10.8. The first kappa shape index (κ1) is 20.3. The zero-order valence-corrected chi connectivity index (χ0v) is 10.8. The molecule has 0 saturated carbocycles. The van der Waals surface area contributed by atoms with Crippen molar-refractivity contribution < 1.29 is 45.0 Å². The van der Waals surface area contributed by atoms with Crippen LogP contribution in [0.25, 0.3) is 0 Å². The minimum absolute atomic E-state index is 0.0741. The first-order chi connectivity index (χ1) is 9.11. The van der Waals surface area contributed by atoms with Crippen molar-refractivity contribution in [2.24, 2.45) is 0 Å². The molecule has 0 rings (SSSR count). The van der Waals surface area contributed by atoms with Gasteiger partial charge < -0.3 is 30.6 Å². The highest BCUT2D eigenvalue weighted by atomic mass is 16.4. The molecule has 0 aromatic rings. The van der Waals surface area contributed by atoms with Gasteiger partial charge >= 0.3 is 17.9 Å². The van der Waals surface area contributed by atoms with E-state index in [1.165, 1.54) is 6.92 Å². The van der Waals surface area contributed by atoms with E-state index in [2.05, 4.69) is 0 Å². The van der Waals surface area contributed by atoms with Crippen LogP contribution in [0.2, 0.25) is 0 Å². The Morgan fingerprint density at radius 1 is 1.00 bits per heavy atom. The quantitative estimate of drug-likeness (QED) is 0.311. The Labute approximate surface area is 114 Å². The molecule has 9 nitrogen and oxygen atoms in total. The largest absolute Gasteiger partial charge is 0.481 e. The second-order valence-electron chi connectivity index (χ2n) is 3.68. The molecule has 2 atom stereocenters. The molecule has 0 saturated heterocycles. The van der Waals surface area contributed by atoms with E-state index in [-0.39, 0.29) is 18.4 Å². The van der Waals surface area contributed by atoms with E-state index in [4.69, 9.17) is 30.6 Å². The van der Waals surface area contributed by atoms with E-state index in [9.17, 15) is 14.4 Å². The third-order valence-corrected chi connectivity index (χ3v) is 1.89. The average molecular weight is 294 g/mol. The molecule has 0 amide bonds. The van der Waals surface area contributed by atoms with Gasteiger partial charge in [-0.2, -0.15) is 0 Å². The molecule has 2 unspecified atom stereocenters. The van der Waals surface area contributed by atoms with Gasteiger partial charge in [0.05, 0.1) is 19.4 Å². The van der Waals surface area contributed by atoms with Crippen LogP contribution in [-0.2, 0) is 14.4 Å². The summed E-state index contributed by atoms with van der Waals surface area (Å²) in [5.74, 6) is -3.32. The molecule has 0 aromatic carbocycles. The normalized spacial score (nSPS) is 13.7. The fourth-order valence-corrected chi connectivity index (χ4v) is 0.760. The van der Waals surface area contributed by atoms with Gasteiger partial charge in [-0.1, -0.05) is 0 Å². The molecule has 0 aliphatic carbocycles. The van der Waals surface area contributed by atoms with Gasteiger partial charge in [0, 0.05) is 5.57 Å². The molecule has 0 radical (unpaired) electrons. The van der Waals surface area contributed by atoms with E-state index in [0.29, 0.717) is 0 Å². The maximum absolute atomic E-state index is 10.2. The van der Waals surface area contributed by atoms with E-state index in [1.54, 1.807) is 0 Å². The summed E-state index contributed by atoms with van der Waals surface area (Å²) in [6.45, 7) is 0.681. The monoisotopic (exact) mass is 294 g/mol. The Morgan fingerprint density at radius 3 is 1.65 bits per heavy atom. The van der Waals surface area contributed by atoms with Crippen LogP contribution >= 0.6 is 0 Å². The van der Waals surface area contributed by atoms with Crippen LogP contribution < -0.4 is 0 Å². The highest BCUT2D eigenvalue weighted by molar-refractivity contribution is 5.85. The van der Waals surface area contributed by atoms with Crippen molar-refractivity contribution in [1.82, 2.24) is 0 Å². The summed E-state index contributed by atoms with van der Waals surface area (Å²) in [6, 6.07) is 0. The molecule has 0 spiro atoms. The molecule has 0 aliphatic heterocycles. The SMILES string of the molecule is CC(=CC(O)C(O)CO)C(=O)O.O=C(O)CCC(=O)O.